The van der Waals surface area contributed by atoms with Crippen LogP contribution in [0.5, 0.6) is 0 Å². The number of carbonyl (C=O) groups is 1. The van der Waals surface area contributed by atoms with Gasteiger partial charge >= 0.3 is 0 Å². The third-order valence-corrected chi connectivity index (χ3v) is 4.53. The van der Waals surface area contributed by atoms with Crippen LogP contribution < -0.4 is 15.5 Å². The molecule has 0 saturated heterocycles. The van der Waals surface area contributed by atoms with E-state index in [1.54, 1.807) is 18.3 Å². The van der Waals surface area contributed by atoms with Crippen molar-refractivity contribution in [3.63, 3.8) is 0 Å². The molecule has 0 saturated carbocycles. The molecule has 0 aliphatic heterocycles. The maximum Gasteiger partial charge on any atom is 0.255 e. The van der Waals surface area contributed by atoms with Crippen molar-refractivity contribution in [2.75, 3.05) is 29.6 Å². The number of amides is 1. The lowest BCUT2D eigenvalue weighted by molar-refractivity contribution is 0.102. The first-order valence-electron chi connectivity index (χ1n) is 8.82. The monoisotopic (exact) mass is 360 g/mol. The van der Waals surface area contributed by atoms with Crippen LogP contribution in [0.4, 0.5) is 22.9 Å². The van der Waals surface area contributed by atoms with Gasteiger partial charge in [0.1, 0.15) is 5.82 Å². The summed E-state index contributed by atoms with van der Waals surface area (Å²) in [4.78, 5) is 18.9. The highest BCUT2D eigenvalue weighted by Gasteiger charge is 2.09. The molecule has 0 atom stereocenters. The summed E-state index contributed by atoms with van der Waals surface area (Å²) < 4.78 is 0. The first kappa shape index (κ1) is 18.5. The van der Waals surface area contributed by atoms with Crippen LogP contribution >= 0.6 is 0 Å². The van der Waals surface area contributed by atoms with Gasteiger partial charge in [-0.15, -0.1) is 0 Å². The van der Waals surface area contributed by atoms with Gasteiger partial charge in [-0.1, -0.05) is 12.1 Å². The number of carbonyl (C=O) groups excluding carboxylic acids is 1. The molecular weight excluding hydrogens is 336 g/mol. The number of aromatic nitrogens is 1. The normalized spacial score (nSPS) is 10.4. The Bertz CT molecular complexity index is 949. The number of hydrogen-bond acceptors (Lipinski definition) is 4. The fraction of sp³-hybridized carbons (Fsp3) is 0.182. The molecule has 5 nitrogen and oxygen atoms in total. The van der Waals surface area contributed by atoms with Crippen LogP contribution in [-0.4, -0.2) is 25.0 Å². The van der Waals surface area contributed by atoms with E-state index >= 15 is 0 Å². The Morgan fingerprint density at radius 3 is 2.44 bits per heavy atom. The summed E-state index contributed by atoms with van der Waals surface area (Å²) in [5.41, 5.74) is 5.74. The summed E-state index contributed by atoms with van der Waals surface area (Å²) in [6.07, 6.45) is 1.64. The topological polar surface area (TPSA) is 57.3 Å². The van der Waals surface area contributed by atoms with Crippen LogP contribution in [-0.2, 0) is 0 Å². The van der Waals surface area contributed by atoms with Crippen molar-refractivity contribution >= 4 is 28.8 Å². The van der Waals surface area contributed by atoms with E-state index in [-0.39, 0.29) is 5.91 Å². The Balaban J connectivity index is 1.74. The molecule has 3 rings (SSSR count). The van der Waals surface area contributed by atoms with E-state index in [9.17, 15) is 4.79 Å². The molecular formula is C22H24N4O. The number of nitrogens with zero attached hydrogens (tertiary/aromatic N) is 2. The number of pyridine rings is 1. The van der Waals surface area contributed by atoms with Gasteiger partial charge in [0.25, 0.3) is 5.91 Å². The van der Waals surface area contributed by atoms with Gasteiger partial charge in [0.15, 0.2) is 0 Å². The van der Waals surface area contributed by atoms with Crippen molar-refractivity contribution in [3.05, 3.63) is 77.5 Å². The third-order valence-electron chi connectivity index (χ3n) is 4.53. The van der Waals surface area contributed by atoms with Gasteiger partial charge < -0.3 is 15.5 Å². The van der Waals surface area contributed by atoms with Gasteiger partial charge in [0, 0.05) is 42.9 Å². The summed E-state index contributed by atoms with van der Waals surface area (Å²) in [6, 6.07) is 17.3. The van der Waals surface area contributed by atoms with Crippen LogP contribution in [0.1, 0.15) is 21.5 Å². The van der Waals surface area contributed by atoms with E-state index in [0.717, 1.165) is 22.6 Å². The number of benzene rings is 2. The second-order valence-electron chi connectivity index (χ2n) is 6.70. The maximum absolute atomic E-state index is 12.6. The van der Waals surface area contributed by atoms with E-state index in [2.05, 4.69) is 35.5 Å². The predicted octanol–water partition coefficient (Wildman–Crippen LogP) is 4.76. The Kier molecular flexibility index (Phi) is 5.41. The molecule has 1 amide bonds. The molecule has 1 aromatic heterocycles. The summed E-state index contributed by atoms with van der Waals surface area (Å²) >= 11 is 0. The standard InChI is InChI=1S/C22H24N4O/c1-15-6-5-7-20(16(15)2)25-21-14-17(12-13-23-21)22(27)24-18-8-10-19(11-9-18)26(3)4/h5-14H,1-4H3,(H,23,25)(H,24,27). The number of nitrogens with one attached hydrogen (secondary N) is 2. The molecule has 0 aliphatic carbocycles. The van der Waals surface area contributed by atoms with E-state index in [0.29, 0.717) is 11.4 Å². The molecule has 27 heavy (non-hydrogen) atoms. The van der Waals surface area contributed by atoms with E-state index in [4.69, 9.17) is 0 Å². The number of rotatable bonds is 5. The van der Waals surface area contributed by atoms with E-state index < -0.39 is 0 Å². The van der Waals surface area contributed by atoms with Crippen molar-refractivity contribution in [1.82, 2.24) is 4.98 Å². The Hall–Kier alpha value is -3.34. The maximum atomic E-state index is 12.6. The Labute approximate surface area is 160 Å². The SMILES string of the molecule is Cc1cccc(Nc2cc(C(=O)Nc3ccc(N(C)C)cc3)ccn2)c1C. The van der Waals surface area contributed by atoms with Gasteiger partial charge in [0.05, 0.1) is 0 Å². The molecule has 0 bridgehead atoms. The van der Waals surface area contributed by atoms with Crippen LogP contribution in [0.3, 0.4) is 0 Å². The number of aryl methyl sites for hydroxylation is 1. The van der Waals surface area contributed by atoms with Crippen LogP contribution in [0.2, 0.25) is 0 Å². The first-order chi connectivity index (χ1) is 12.9. The fourth-order valence-electron chi connectivity index (χ4n) is 2.71. The van der Waals surface area contributed by atoms with Gasteiger partial charge in [-0.3, -0.25) is 4.79 Å². The molecule has 0 spiro atoms. The van der Waals surface area contributed by atoms with Crippen molar-refractivity contribution < 1.29 is 4.79 Å². The average molecular weight is 360 g/mol. The van der Waals surface area contributed by atoms with Crippen molar-refractivity contribution in [2.24, 2.45) is 0 Å². The highest BCUT2D eigenvalue weighted by molar-refractivity contribution is 6.04. The van der Waals surface area contributed by atoms with Crippen molar-refractivity contribution in [1.29, 1.82) is 0 Å². The second-order valence-corrected chi connectivity index (χ2v) is 6.70. The molecule has 0 unspecified atom stereocenters. The highest BCUT2D eigenvalue weighted by Crippen LogP contribution is 2.22. The van der Waals surface area contributed by atoms with Crippen molar-refractivity contribution in [3.8, 4) is 0 Å². The lowest BCUT2D eigenvalue weighted by Crippen LogP contribution is -2.13. The molecule has 1 heterocycles. The van der Waals surface area contributed by atoms with Gasteiger partial charge in [-0.25, -0.2) is 4.98 Å². The van der Waals surface area contributed by atoms with Gasteiger partial charge in [-0.2, -0.15) is 0 Å². The number of anilines is 4. The molecule has 0 radical (unpaired) electrons. The predicted molar refractivity (Wildman–Crippen MR) is 112 cm³/mol. The second kappa shape index (κ2) is 7.91. The zero-order valence-electron chi connectivity index (χ0n) is 16.1. The summed E-state index contributed by atoms with van der Waals surface area (Å²) in [5.74, 6) is 0.471. The number of hydrogen-bond donors (Lipinski definition) is 2. The quantitative estimate of drug-likeness (QED) is 0.689. The van der Waals surface area contributed by atoms with Crippen LogP contribution in [0.25, 0.3) is 0 Å². The Morgan fingerprint density at radius 1 is 1.00 bits per heavy atom. The van der Waals surface area contributed by atoms with E-state index in [1.165, 1.54) is 5.56 Å². The smallest absolute Gasteiger partial charge is 0.255 e. The molecule has 2 aromatic carbocycles. The highest BCUT2D eigenvalue weighted by atomic mass is 16.1. The zero-order valence-corrected chi connectivity index (χ0v) is 16.1. The zero-order chi connectivity index (χ0) is 19.4. The fourth-order valence-corrected chi connectivity index (χ4v) is 2.71. The lowest BCUT2D eigenvalue weighted by Gasteiger charge is -2.13. The molecule has 138 valence electrons. The largest absolute Gasteiger partial charge is 0.378 e. The average Bonchev–Trinajstić information content (AvgIpc) is 2.66. The Morgan fingerprint density at radius 2 is 1.74 bits per heavy atom. The van der Waals surface area contributed by atoms with E-state index in [1.807, 2.05) is 55.4 Å². The molecule has 0 aliphatic rings. The third kappa shape index (κ3) is 4.44. The molecule has 3 aromatic rings. The molecule has 5 heteroatoms. The minimum absolute atomic E-state index is 0.168. The minimum Gasteiger partial charge on any atom is -0.378 e. The van der Waals surface area contributed by atoms with Gasteiger partial charge in [-0.05, 0) is 67.4 Å². The summed E-state index contributed by atoms with van der Waals surface area (Å²) in [7, 11) is 3.96. The summed E-state index contributed by atoms with van der Waals surface area (Å²) in [5, 5.41) is 6.22. The lowest BCUT2D eigenvalue weighted by atomic mass is 10.1. The minimum atomic E-state index is -0.168. The molecule has 2 N–H and O–H groups in total. The van der Waals surface area contributed by atoms with Gasteiger partial charge in [0.2, 0.25) is 0 Å². The molecule has 0 fully saturated rings. The first-order valence-corrected chi connectivity index (χ1v) is 8.82. The van der Waals surface area contributed by atoms with Crippen LogP contribution in [0.15, 0.2) is 60.8 Å². The van der Waals surface area contributed by atoms with Crippen LogP contribution in [0, 0.1) is 13.8 Å². The van der Waals surface area contributed by atoms with Crippen molar-refractivity contribution in [2.45, 2.75) is 13.8 Å². The summed E-state index contributed by atoms with van der Waals surface area (Å²) in [6.45, 7) is 4.13.